The maximum atomic E-state index is 11.3. The first-order valence-electron chi connectivity index (χ1n) is 20.7. The van der Waals surface area contributed by atoms with Crippen molar-refractivity contribution < 1.29 is 19.8 Å². The molecule has 0 fully saturated rings. The second kappa shape index (κ2) is 17.3. The summed E-state index contributed by atoms with van der Waals surface area (Å²) in [4.78, 5) is 53.5. The van der Waals surface area contributed by atoms with Crippen LogP contribution in [0.2, 0.25) is 0 Å². The molecular weight excluding hydrogens is 817 g/mol. The van der Waals surface area contributed by atoms with E-state index in [1.807, 2.05) is 84.9 Å². The molecule has 0 saturated carbocycles. The maximum Gasteiger partial charge on any atom is 0.322 e. The van der Waals surface area contributed by atoms with Gasteiger partial charge in [-0.05, 0) is 83.0 Å². The summed E-state index contributed by atoms with van der Waals surface area (Å²) in [6.07, 6.45) is 8.25. The minimum atomic E-state index is -1.12. The Kier molecular flexibility index (Phi) is 10.6. The average molecular weight is 855 g/mol. The predicted molar refractivity (Wildman–Crippen MR) is 256 cm³/mol. The molecule has 0 unspecified atom stereocenters. The zero-order valence-electron chi connectivity index (χ0n) is 34.4. The van der Waals surface area contributed by atoms with Crippen LogP contribution in [0.3, 0.4) is 0 Å². The number of aromatic nitrogens is 7. The van der Waals surface area contributed by atoms with Crippen LogP contribution in [0.5, 0.6) is 0 Å². The molecule has 65 heavy (non-hydrogen) atoms. The fourth-order valence-corrected chi connectivity index (χ4v) is 7.98. The van der Waals surface area contributed by atoms with E-state index in [4.69, 9.17) is 9.97 Å². The molecule has 8 aromatic rings. The lowest BCUT2D eigenvalue weighted by Crippen LogP contribution is -2.18. The molecule has 4 aromatic carbocycles. The van der Waals surface area contributed by atoms with Crippen molar-refractivity contribution >= 4 is 81.8 Å². The lowest BCUT2D eigenvalue weighted by Gasteiger charge is -2.11. The van der Waals surface area contributed by atoms with E-state index in [0.717, 1.165) is 89.4 Å². The highest BCUT2D eigenvalue weighted by molar-refractivity contribution is 6.00. The van der Waals surface area contributed by atoms with E-state index in [9.17, 15) is 19.8 Å². The van der Waals surface area contributed by atoms with E-state index in [2.05, 4.69) is 120 Å². The van der Waals surface area contributed by atoms with E-state index in [1.165, 1.54) is 0 Å². The third kappa shape index (κ3) is 8.42. The number of aromatic amines is 2. The number of nitrogens with one attached hydrogen (secondary N) is 5. The van der Waals surface area contributed by atoms with Crippen molar-refractivity contribution in [2.45, 2.75) is 0 Å². The molecule has 14 nitrogen and oxygen atoms in total. The number of carboxylic acids is 2. The Bertz CT molecular complexity index is 3270. The van der Waals surface area contributed by atoms with Gasteiger partial charge in [-0.2, -0.15) is 15.0 Å². The molecule has 2 aliphatic rings. The lowest BCUT2D eigenvalue weighted by molar-refractivity contribution is -0.135. The molecule has 0 atom stereocenters. The van der Waals surface area contributed by atoms with Crippen LogP contribution in [0.15, 0.2) is 140 Å². The average Bonchev–Trinajstić information content (AvgIpc) is 4.18. The fraction of sp³-hybridized carbons (Fsp3) is 0.0392. The molecule has 0 aliphatic carbocycles. The smallest absolute Gasteiger partial charge is 0.322 e. The van der Waals surface area contributed by atoms with Gasteiger partial charge in [-0.1, -0.05) is 103 Å². The molecule has 6 heterocycles. The predicted octanol–water partition coefficient (Wildman–Crippen LogP) is 10.2. The molecule has 4 aromatic heterocycles. The molecule has 0 radical (unpaired) electrons. The lowest BCUT2D eigenvalue weighted by atomic mass is 10.0. The van der Waals surface area contributed by atoms with Gasteiger partial charge in [-0.3, -0.25) is 9.59 Å². The van der Waals surface area contributed by atoms with Crippen molar-refractivity contribution in [3.63, 3.8) is 0 Å². The highest BCUT2D eigenvalue weighted by Gasteiger charge is 2.19. The number of carbonyl (C=O) groups is 2. The Morgan fingerprint density at radius 2 is 0.723 bits per heavy atom. The summed E-state index contributed by atoms with van der Waals surface area (Å²) in [6, 6.07) is 46.8. The van der Waals surface area contributed by atoms with Gasteiger partial charge < -0.3 is 36.1 Å². The van der Waals surface area contributed by atoms with Gasteiger partial charge in [0.15, 0.2) is 0 Å². The molecule has 10 rings (SSSR count). The number of rotatable bonds is 12. The van der Waals surface area contributed by atoms with Crippen LogP contribution in [-0.2, 0) is 9.59 Å². The van der Waals surface area contributed by atoms with Gasteiger partial charge in [0.2, 0.25) is 17.8 Å². The number of aliphatic carboxylic acids is 2. The van der Waals surface area contributed by atoms with Crippen LogP contribution < -0.4 is 16.0 Å². The van der Waals surface area contributed by atoms with Crippen LogP contribution in [0, 0.1) is 0 Å². The summed E-state index contributed by atoms with van der Waals surface area (Å²) in [5, 5.41) is 26.8. The zero-order valence-corrected chi connectivity index (χ0v) is 34.4. The molecule has 2 aliphatic heterocycles. The molecule has 0 saturated heterocycles. The quantitative estimate of drug-likeness (QED) is 0.0613. The van der Waals surface area contributed by atoms with Crippen LogP contribution in [0.25, 0.3) is 90.9 Å². The highest BCUT2D eigenvalue weighted by atomic mass is 16.4. The minimum absolute atomic E-state index is 0.0477. The van der Waals surface area contributed by atoms with Crippen LogP contribution in [0.1, 0.15) is 22.8 Å². The Labute approximate surface area is 371 Å². The standard InChI is InChI=1S/C51H38N10O4/c62-43(63)28-52-49-59-50(53-29-44(64)65)61-51(60-49)54-34-18-16-33(17-19-34)48-41-26-24-39(57-41)46(31-12-6-2-7-13-31)37-22-20-35(55-37)45(30-10-4-1-5-11-30)36-21-23-38(56-36)47(32-14-8-3-9-15-32)40-25-27-42(48)58-40/h1-27,55,58H,28-29H2,(H,62,63)(H,64,65)(H3,52,53,54,59,60,61). The second-order valence-corrected chi connectivity index (χ2v) is 15.1. The molecular formula is C51H38N10O4. The molecule has 0 spiro atoms. The summed E-state index contributed by atoms with van der Waals surface area (Å²) in [7, 11) is 0. The number of H-pyrrole nitrogens is 2. The van der Waals surface area contributed by atoms with Gasteiger partial charge in [-0.25, -0.2) is 9.97 Å². The summed E-state index contributed by atoms with van der Waals surface area (Å²) in [5.41, 5.74) is 14.9. The third-order valence-corrected chi connectivity index (χ3v) is 10.8. The fourth-order valence-electron chi connectivity index (χ4n) is 7.98. The number of hydrogen-bond acceptors (Lipinski definition) is 10. The number of nitrogens with zero attached hydrogens (tertiary/aromatic N) is 5. The van der Waals surface area contributed by atoms with E-state index in [-0.39, 0.29) is 17.8 Å². The van der Waals surface area contributed by atoms with Crippen molar-refractivity contribution in [1.82, 2.24) is 34.9 Å². The van der Waals surface area contributed by atoms with Gasteiger partial charge in [0.05, 0.1) is 22.8 Å². The van der Waals surface area contributed by atoms with Crippen molar-refractivity contribution in [1.29, 1.82) is 0 Å². The van der Waals surface area contributed by atoms with Crippen molar-refractivity contribution in [3.8, 4) is 44.5 Å². The largest absolute Gasteiger partial charge is 0.480 e. The van der Waals surface area contributed by atoms with Gasteiger partial charge in [0.1, 0.15) is 13.1 Å². The maximum absolute atomic E-state index is 11.3. The summed E-state index contributed by atoms with van der Waals surface area (Å²) in [6.45, 7) is -0.904. The normalized spacial score (nSPS) is 11.6. The Hall–Kier alpha value is -9.17. The molecule has 8 bridgehead atoms. The van der Waals surface area contributed by atoms with E-state index >= 15 is 0 Å². The van der Waals surface area contributed by atoms with E-state index in [1.54, 1.807) is 0 Å². The summed E-state index contributed by atoms with van der Waals surface area (Å²) < 4.78 is 0. The SMILES string of the molecule is O=C(O)CNc1nc(NCC(=O)O)nc(Nc2ccc(-c3c4nc(c(-c5ccccc5)c5ccc([nH]5)c(-c5ccccc5)c5nc(c(-c6ccccc6)c6ccc3[nH]6)C=C5)C=C4)cc2)n1. The number of benzene rings is 4. The molecule has 0 amide bonds. The molecule has 7 N–H and O–H groups in total. The van der Waals surface area contributed by atoms with E-state index < -0.39 is 25.0 Å². The number of anilines is 4. The topological polar surface area (TPSA) is 207 Å². The Morgan fingerprint density at radius 3 is 1.06 bits per heavy atom. The zero-order chi connectivity index (χ0) is 44.3. The Balaban J connectivity index is 1.18. The van der Waals surface area contributed by atoms with E-state index in [0.29, 0.717) is 5.69 Å². The van der Waals surface area contributed by atoms with Gasteiger partial charge in [0.25, 0.3) is 0 Å². The van der Waals surface area contributed by atoms with Crippen LogP contribution >= 0.6 is 0 Å². The van der Waals surface area contributed by atoms with Crippen molar-refractivity contribution in [2.24, 2.45) is 0 Å². The first kappa shape index (κ1) is 39.9. The van der Waals surface area contributed by atoms with Crippen LogP contribution in [-0.4, -0.2) is 70.1 Å². The number of carboxylic acid groups (broad SMARTS) is 2. The summed E-state index contributed by atoms with van der Waals surface area (Å²) >= 11 is 0. The molecule has 316 valence electrons. The van der Waals surface area contributed by atoms with Crippen LogP contribution in [0.4, 0.5) is 23.5 Å². The first-order valence-corrected chi connectivity index (χ1v) is 20.7. The van der Waals surface area contributed by atoms with Crippen molar-refractivity contribution in [3.05, 3.63) is 162 Å². The van der Waals surface area contributed by atoms with Gasteiger partial charge in [-0.15, -0.1) is 0 Å². The number of fused-ring (bicyclic) bond motifs is 8. The van der Waals surface area contributed by atoms with Crippen molar-refractivity contribution in [2.75, 3.05) is 29.0 Å². The minimum Gasteiger partial charge on any atom is -0.480 e. The van der Waals surface area contributed by atoms with Gasteiger partial charge >= 0.3 is 11.9 Å². The first-order chi connectivity index (χ1) is 31.8. The Morgan fingerprint density at radius 1 is 0.400 bits per heavy atom. The highest BCUT2D eigenvalue weighted by Crippen LogP contribution is 2.38. The monoisotopic (exact) mass is 854 g/mol. The number of hydrogen-bond donors (Lipinski definition) is 7. The van der Waals surface area contributed by atoms with Gasteiger partial charge in [0, 0.05) is 50.0 Å². The molecule has 14 heteroatoms. The third-order valence-electron chi connectivity index (χ3n) is 10.8. The second-order valence-electron chi connectivity index (χ2n) is 15.1. The summed E-state index contributed by atoms with van der Waals surface area (Å²) in [5.74, 6) is -2.26.